The second kappa shape index (κ2) is 8.82. The van der Waals surface area contributed by atoms with Crippen LogP contribution in [0.5, 0.6) is 0 Å². The summed E-state index contributed by atoms with van der Waals surface area (Å²) in [7, 11) is 0. The molecule has 0 saturated carbocycles. The summed E-state index contributed by atoms with van der Waals surface area (Å²) >= 11 is 0. The number of hydrogen-bond donors (Lipinski definition) is 0. The van der Waals surface area contributed by atoms with E-state index in [0.717, 1.165) is 19.4 Å². The van der Waals surface area contributed by atoms with E-state index in [0.29, 0.717) is 6.61 Å². The lowest BCUT2D eigenvalue weighted by molar-refractivity contribution is 0.103. The SMILES string of the molecule is Cc1ccc(C(C)(CCOCc2ccccc2)Cc2ccccc2)cc1. The molecule has 3 aromatic carbocycles. The van der Waals surface area contributed by atoms with Gasteiger partial charge in [-0.25, -0.2) is 0 Å². The number of rotatable bonds is 8. The third kappa shape index (κ3) is 5.06. The van der Waals surface area contributed by atoms with E-state index < -0.39 is 0 Å². The molecule has 0 aromatic heterocycles. The first-order valence-corrected chi connectivity index (χ1v) is 9.38. The van der Waals surface area contributed by atoms with Gasteiger partial charge in [0.2, 0.25) is 0 Å². The molecule has 1 unspecified atom stereocenters. The van der Waals surface area contributed by atoms with Crippen LogP contribution >= 0.6 is 0 Å². The molecule has 1 nitrogen and oxygen atoms in total. The van der Waals surface area contributed by atoms with Gasteiger partial charge in [-0.05, 0) is 41.9 Å². The molecule has 1 atom stereocenters. The summed E-state index contributed by atoms with van der Waals surface area (Å²) < 4.78 is 6.00. The van der Waals surface area contributed by atoms with Gasteiger partial charge >= 0.3 is 0 Å². The van der Waals surface area contributed by atoms with Gasteiger partial charge in [0.05, 0.1) is 6.61 Å². The molecule has 1 heteroatoms. The summed E-state index contributed by atoms with van der Waals surface area (Å²) in [5, 5.41) is 0. The van der Waals surface area contributed by atoms with Gasteiger partial charge < -0.3 is 4.74 Å². The van der Waals surface area contributed by atoms with Gasteiger partial charge in [-0.1, -0.05) is 97.4 Å². The summed E-state index contributed by atoms with van der Waals surface area (Å²) in [6.07, 6.45) is 2.02. The molecule has 0 saturated heterocycles. The average Bonchev–Trinajstić information content (AvgIpc) is 2.67. The molecule has 3 aromatic rings. The third-order valence-corrected chi connectivity index (χ3v) is 5.10. The van der Waals surface area contributed by atoms with Crippen molar-refractivity contribution >= 4 is 0 Å². The van der Waals surface area contributed by atoms with E-state index in [1.54, 1.807) is 0 Å². The fraction of sp³-hybridized carbons (Fsp3) is 0.280. The number of hydrogen-bond acceptors (Lipinski definition) is 1. The zero-order valence-electron chi connectivity index (χ0n) is 15.8. The van der Waals surface area contributed by atoms with Gasteiger partial charge in [0.15, 0.2) is 0 Å². The molecule has 3 rings (SSSR count). The van der Waals surface area contributed by atoms with E-state index in [9.17, 15) is 0 Å². The van der Waals surface area contributed by atoms with Crippen LogP contribution in [0.2, 0.25) is 0 Å². The van der Waals surface area contributed by atoms with Crippen LogP contribution in [-0.4, -0.2) is 6.61 Å². The minimum absolute atomic E-state index is 0.0613. The highest BCUT2D eigenvalue weighted by molar-refractivity contribution is 5.31. The first-order valence-electron chi connectivity index (χ1n) is 9.38. The molecule has 0 bridgehead atoms. The quantitative estimate of drug-likeness (QED) is 0.448. The summed E-state index contributed by atoms with van der Waals surface area (Å²) in [5.41, 5.74) is 5.35. The monoisotopic (exact) mass is 344 g/mol. The lowest BCUT2D eigenvalue weighted by Crippen LogP contribution is -2.27. The summed E-state index contributed by atoms with van der Waals surface area (Å²) in [5.74, 6) is 0. The van der Waals surface area contributed by atoms with Gasteiger partial charge in [-0.2, -0.15) is 0 Å². The molecule has 0 radical (unpaired) electrons. The van der Waals surface area contributed by atoms with Crippen molar-refractivity contribution in [3.63, 3.8) is 0 Å². The topological polar surface area (TPSA) is 9.23 Å². The van der Waals surface area contributed by atoms with Crippen LogP contribution in [0.1, 0.15) is 35.6 Å². The smallest absolute Gasteiger partial charge is 0.0716 e. The van der Waals surface area contributed by atoms with Crippen LogP contribution in [0, 0.1) is 6.92 Å². The van der Waals surface area contributed by atoms with Crippen molar-refractivity contribution in [2.45, 2.75) is 38.7 Å². The van der Waals surface area contributed by atoms with Gasteiger partial charge in [0.25, 0.3) is 0 Å². The predicted molar refractivity (Wildman–Crippen MR) is 109 cm³/mol. The lowest BCUT2D eigenvalue weighted by Gasteiger charge is -2.31. The van der Waals surface area contributed by atoms with Crippen LogP contribution in [0.25, 0.3) is 0 Å². The van der Waals surface area contributed by atoms with Crippen LogP contribution in [0.15, 0.2) is 84.9 Å². The molecule has 0 amide bonds. The molecular weight excluding hydrogens is 316 g/mol. The largest absolute Gasteiger partial charge is 0.377 e. The molecular formula is C25H28O. The zero-order valence-corrected chi connectivity index (χ0v) is 15.8. The van der Waals surface area contributed by atoms with Crippen LogP contribution < -0.4 is 0 Å². The van der Waals surface area contributed by atoms with Crippen molar-refractivity contribution in [1.29, 1.82) is 0 Å². The highest BCUT2D eigenvalue weighted by atomic mass is 16.5. The van der Waals surface area contributed by atoms with Gasteiger partial charge in [0.1, 0.15) is 0 Å². The molecule has 0 aliphatic heterocycles. The summed E-state index contributed by atoms with van der Waals surface area (Å²) in [6.45, 7) is 5.93. The van der Waals surface area contributed by atoms with Crippen LogP contribution in [-0.2, 0) is 23.2 Å². The van der Waals surface area contributed by atoms with Crippen molar-refractivity contribution in [3.05, 3.63) is 107 Å². The molecule has 0 spiro atoms. The van der Waals surface area contributed by atoms with E-state index in [2.05, 4.69) is 92.7 Å². The first-order chi connectivity index (χ1) is 12.7. The highest BCUT2D eigenvalue weighted by Crippen LogP contribution is 2.32. The van der Waals surface area contributed by atoms with Crippen molar-refractivity contribution in [1.82, 2.24) is 0 Å². The molecule has 0 heterocycles. The maximum atomic E-state index is 6.00. The number of ether oxygens (including phenoxy) is 1. The van der Waals surface area contributed by atoms with Crippen molar-refractivity contribution in [2.24, 2.45) is 0 Å². The number of benzene rings is 3. The Morgan fingerprint density at radius 2 is 1.31 bits per heavy atom. The van der Waals surface area contributed by atoms with E-state index in [4.69, 9.17) is 4.74 Å². The van der Waals surface area contributed by atoms with Gasteiger partial charge in [-0.15, -0.1) is 0 Å². The van der Waals surface area contributed by atoms with Crippen molar-refractivity contribution in [3.8, 4) is 0 Å². The lowest BCUT2D eigenvalue weighted by atomic mass is 9.75. The van der Waals surface area contributed by atoms with Gasteiger partial charge in [-0.3, -0.25) is 0 Å². The van der Waals surface area contributed by atoms with Crippen molar-refractivity contribution in [2.75, 3.05) is 6.61 Å². The van der Waals surface area contributed by atoms with E-state index >= 15 is 0 Å². The summed E-state index contributed by atoms with van der Waals surface area (Å²) in [6, 6.07) is 30.1. The highest BCUT2D eigenvalue weighted by Gasteiger charge is 2.26. The minimum Gasteiger partial charge on any atom is -0.377 e. The maximum Gasteiger partial charge on any atom is 0.0716 e. The van der Waals surface area contributed by atoms with E-state index in [-0.39, 0.29) is 5.41 Å². The minimum atomic E-state index is 0.0613. The molecule has 0 aliphatic rings. The Kier molecular flexibility index (Phi) is 6.25. The van der Waals surface area contributed by atoms with Crippen LogP contribution in [0.3, 0.4) is 0 Å². The average molecular weight is 344 g/mol. The normalized spacial score (nSPS) is 13.3. The van der Waals surface area contributed by atoms with E-state index in [1.807, 2.05) is 6.07 Å². The molecule has 26 heavy (non-hydrogen) atoms. The Balaban J connectivity index is 1.69. The maximum absolute atomic E-state index is 6.00. The Bertz CT molecular complexity index is 777. The Morgan fingerprint density at radius 1 is 0.731 bits per heavy atom. The molecule has 0 fully saturated rings. The second-order valence-corrected chi connectivity index (χ2v) is 7.38. The Hall–Kier alpha value is -2.38. The third-order valence-electron chi connectivity index (χ3n) is 5.10. The standard InChI is InChI=1S/C25H28O/c1-21-13-15-24(16-14-21)25(2,19-22-9-5-3-6-10-22)17-18-26-20-23-11-7-4-8-12-23/h3-16H,17-20H2,1-2H3. The molecule has 0 aliphatic carbocycles. The second-order valence-electron chi connectivity index (χ2n) is 7.38. The summed E-state index contributed by atoms with van der Waals surface area (Å²) in [4.78, 5) is 0. The Labute approximate surface area is 157 Å². The molecule has 0 N–H and O–H groups in total. The number of aryl methyl sites for hydroxylation is 1. The predicted octanol–water partition coefficient (Wildman–Crippen LogP) is 6.10. The molecule has 134 valence electrons. The van der Waals surface area contributed by atoms with Gasteiger partial charge in [0, 0.05) is 6.61 Å². The first kappa shape index (κ1) is 18.4. The fourth-order valence-corrected chi connectivity index (χ4v) is 3.40. The van der Waals surface area contributed by atoms with Crippen molar-refractivity contribution < 1.29 is 4.74 Å². The van der Waals surface area contributed by atoms with E-state index in [1.165, 1.54) is 22.3 Å². The Morgan fingerprint density at radius 3 is 1.92 bits per heavy atom. The zero-order chi connectivity index (χ0) is 18.2. The van der Waals surface area contributed by atoms with Crippen LogP contribution in [0.4, 0.5) is 0 Å². The fourth-order valence-electron chi connectivity index (χ4n) is 3.40.